The van der Waals surface area contributed by atoms with Crippen LogP contribution in [-0.2, 0) is 11.3 Å². The number of aryl methyl sites for hydroxylation is 2. The van der Waals surface area contributed by atoms with Crippen molar-refractivity contribution in [2.24, 2.45) is 5.92 Å². The van der Waals surface area contributed by atoms with Gasteiger partial charge in [-0.25, -0.2) is 0 Å². The molecule has 2 unspecified atom stereocenters. The van der Waals surface area contributed by atoms with Gasteiger partial charge < -0.3 is 10.4 Å². The third kappa shape index (κ3) is 4.31. The number of hydrogen-bond donors (Lipinski definition) is 2. The van der Waals surface area contributed by atoms with Crippen molar-refractivity contribution in [2.45, 2.75) is 46.2 Å². The van der Waals surface area contributed by atoms with Crippen LogP contribution in [0.2, 0.25) is 0 Å². The van der Waals surface area contributed by atoms with Gasteiger partial charge in [0.1, 0.15) is 6.04 Å². The van der Waals surface area contributed by atoms with Crippen LogP contribution in [0.1, 0.15) is 36.5 Å². The molecular formula is C18H28N2O2. The first-order valence-corrected chi connectivity index (χ1v) is 8.26. The maximum absolute atomic E-state index is 11.5. The number of likely N-dealkylation sites (N-methyl/N-ethyl adjacent to an activating group) is 1. The SMILES string of the molecule is CCNC(C(=O)O)C1CCCN(Cc2ccc(C)c(C)c2)C1. The molecule has 1 aromatic carbocycles. The van der Waals surface area contributed by atoms with Crippen molar-refractivity contribution in [3.8, 4) is 0 Å². The zero-order valence-corrected chi connectivity index (χ0v) is 13.9. The molecule has 0 saturated carbocycles. The predicted octanol–water partition coefficient (Wildman–Crippen LogP) is 2.58. The number of hydrogen-bond acceptors (Lipinski definition) is 3. The first kappa shape index (κ1) is 17.0. The fraction of sp³-hybridized carbons (Fsp3) is 0.611. The van der Waals surface area contributed by atoms with Crippen molar-refractivity contribution >= 4 is 5.97 Å². The molecule has 122 valence electrons. The second-order valence-corrected chi connectivity index (χ2v) is 6.43. The molecule has 2 N–H and O–H groups in total. The minimum Gasteiger partial charge on any atom is -0.480 e. The second kappa shape index (κ2) is 7.75. The molecule has 2 atom stereocenters. The Morgan fingerprint density at radius 1 is 1.41 bits per heavy atom. The van der Waals surface area contributed by atoms with Crippen LogP contribution in [-0.4, -0.2) is 41.7 Å². The van der Waals surface area contributed by atoms with Crippen LogP contribution in [0, 0.1) is 19.8 Å². The number of carboxylic acids is 1. The maximum Gasteiger partial charge on any atom is 0.321 e. The van der Waals surface area contributed by atoms with Crippen molar-refractivity contribution in [1.82, 2.24) is 10.2 Å². The lowest BCUT2D eigenvalue weighted by Crippen LogP contribution is -2.49. The van der Waals surface area contributed by atoms with E-state index in [1.54, 1.807) is 0 Å². The normalized spacial score (nSPS) is 20.8. The first-order valence-electron chi connectivity index (χ1n) is 8.26. The van der Waals surface area contributed by atoms with Gasteiger partial charge in [-0.15, -0.1) is 0 Å². The number of carbonyl (C=O) groups is 1. The van der Waals surface area contributed by atoms with E-state index in [9.17, 15) is 9.90 Å². The Morgan fingerprint density at radius 2 is 2.18 bits per heavy atom. The summed E-state index contributed by atoms with van der Waals surface area (Å²) in [6, 6.07) is 6.18. The van der Waals surface area contributed by atoms with E-state index in [0.717, 1.165) is 32.5 Å². The van der Waals surface area contributed by atoms with Gasteiger partial charge in [-0.1, -0.05) is 25.1 Å². The summed E-state index contributed by atoms with van der Waals surface area (Å²) in [5.74, 6) is -0.530. The van der Waals surface area contributed by atoms with Crippen molar-refractivity contribution in [1.29, 1.82) is 0 Å². The molecule has 0 aliphatic carbocycles. The molecule has 0 amide bonds. The lowest BCUT2D eigenvalue weighted by molar-refractivity contribution is -0.141. The van der Waals surface area contributed by atoms with Crippen LogP contribution >= 0.6 is 0 Å². The van der Waals surface area contributed by atoms with E-state index in [4.69, 9.17) is 0 Å². The fourth-order valence-corrected chi connectivity index (χ4v) is 3.34. The highest BCUT2D eigenvalue weighted by Gasteiger charge is 2.31. The summed E-state index contributed by atoms with van der Waals surface area (Å²) in [6.45, 7) is 9.76. The minimum absolute atomic E-state index is 0.192. The molecule has 4 heteroatoms. The number of benzene rings is 1. The molecule has 0 spiro atoms. The third-order valence-electron chi connectivity index (χ3n) is 4.68. The van der Waals surface area contributed by atoms with Crippen molar-refractivity contribution in [2.75, 3.05) is 19.6 Å². The summed E-state index contributed by atoms with van der Waals surface area (Å²) < 4.78 is 0. The molecule has 22 heavy (non-hydrogen) atoms. The lowest BCUT2D eigenvalue weighted by Gasteiger charge is -2.35. The lowest BCUT2D eigenvalue weighted by atomic mass is 9.90. The van der Waals surface area contributed by atoms with E-state index in [1.807, 2.05) is 6.92 Å². The molecular weight excluding hydrogens is 276 g/mol. The van der Waals surface area contributed by atoms with E-state index in [1.165, 1.54) is 16.7 Å². The van der Waals surface area contributed by atoms with Crippen LogP contribution in [0.3, 0.4) is 0 Å². The van der Waals surface area contributed by atoms with Gasteiger partial charge in [-0.05, 0) is 62.4 Å². The summed E-state index contributed by atoms with van der Waals surface area (Å²) >= 11 is 0. The number of nitrogens with zero attached hydrogens (tertiary/aromatic N) is 1. The molecule has 0 bridgehead atoms. The van der Waals surface area contributed by atoms with E-state index in [-0.39, 0.29) is 5.92 Å². The van der Waals surface area contributed by atoms with Crippen LogP contribution in [0.4, 0.5) is 0 Å². The Balaban J connectivity index is 2.00. The zero-order valence-electron chi connectivity index (χ0n) is 13.9. The second-order valence-electron chi connectivity index (χ2n) is 6.43. The Hall–Kier alpha value is -1.39. The Labute approximate surface area is 133 Å². The van der Waals surface area contributed by atoms with E-state index >= 15 is 0 Å². The van der Waals surface area contributed by atoms with Crippen LogP contribution < -0.4 is 5.32 Å². The highest BCUT2D eigenvalue weighted by molar-refractivity contribution is 5.73. The van der Waals surface area contributed by atoms with Gasteiger partial charge in [-0.3, -0.25) is 9.69 Å². The van der Waals surface area contributed by atoms with Crippen molar-refractivity contribution < 1.29 is 9.90 Å². The molecule has 1 aliphatic rings. The molecule has 1 saturated heterocycles. The summed E-state index contributed by atoms with van der Waals surface area (Å²) in [5, 5.41) is 12.5. The number of nitrogens with one attached hydrogen (secondary N) is 1. The largest absolute Gasteiger partial charge is 0.480 e. The predicted molar refractivity (Wildman–Crippen MR) is 89.0 cm³/mol. The molecule has 1 aliphatic heterocycles. The van der Waals surface area contributed by atoms with E-state index in [2.05, 4.69) is 42.3 Å². The van der Waals surface area contributed by atoms with Gasteiger partial charge in [0.15, 0.2) is 0 Å². The topological polar surface area (TPSA) is 52.6 Å². The number of rotatable bonds is 6. The summed E-state index contributed by atoms with van der Waals surface area (Å²) in [4.78, 5) is 13.8. The average Bonchev–Trinajstić information content (AvgIpc) is 2.48. The van der Waals surface area contributed by atoms with Crippen LogP contribution in [0.5, 0.6) is 0 Å². The third-order valence-corrected chi connectivity index (χ3v) is 4.68. The Morgan fingerprint density at radius 3 is 2.82 bits per heavy atom. The summed E-state index contributed by atoms with van der Waals surface area (Å²) in [5.41, 5.74) is 3.96. The van der Waals surface area contributed by atoms with Crippen molar-refractivity contribution in [3.05, 3.63) is 34.9 Å². The summed E-state index contributed by atoms with van der Waals surface area (Å²) in [7, 11) is 0. The van der Waals surface area contributed by atoms with Gasteiger partial charge in [0.25, 0.3) is 0 Å². The smallest absolute Gasteiger partial charge is 0.321 e. The summed E-state index contributed by atoms with van der Waals surface area (Å²) in [6.07, 6.45) is 2.07. The molecule has 2 rings (SSSR count). The average molecular weight is 304 g/mol. The number of likely N-dealkylation sites (tertiary alicyclic amines) is 1. The van der Waals surface area contributed by atoms with Crippen molar-refractivity contribution in [3.63, 3.8) is 0 Å². The highest BCUT2D eigenvalue weighted by atomic mass is 16.4. The minimum atomic E-state index is -0.722. The highest BCUT2D eigenvalue weighted by Crippen LogP contribution is 2.22. The Kier molecular flexibility index (Phi) is 5.98. The van der Waals surface area contributed by atoms with E-state index in [0.29, 0.717) is 6.54 Å². The number of carboxylic acid groups (broad SMARTS) is 1. The maximum atomic E-state index is 11.5. The number of aliphatic carboxylic acids is 1. The number of piperidine rings is 1. The standard InChI is InChI=1S/C18H28N2O2/c1-4-19-17(18(21)22)16-6-5-9-20(12-16)11-15-8-7-13(2)14(3)10-15/h7-8,10,16-17,19H,4-6,9,11-12H2,1-3H3,(H,21,22). The van der Waals surface area contributed by atoms with Crippen LogP contribution in [0.25, 0.3) is 0 Å². The zero-order chi connectivity index (χ0) is 16.1. The molecule has 0 radical (unpaired) electrons. The van der Waals surface area contributed by atoms with Crippen LogP contribution in [0.15, 0.2) is 18.2 Å². The van der Waals surface area contributed by atoms with E-state index < -0.39 is 12.0 Å². The fourth-order valence-electron chi connectivity index (χ4n) is 3.34. The van der Waals surface area contributed by atoms with Gasteiger partial charge in [0, 0.05) is 13.1 Å². The first-order chi connectivity index (χ1) is 10.5. The molecule has 1 aromatic rings. The monoisotopic (exact) mass is 304 g/mol. The Bertz CT molecular complexity index is 516. The molecule has 0 aromatic heterocycles. The van der Waals surface area contributed by atoms with Gasteiger partial charge in [0.05, 0.1) is 0 Å². The van der Waals surface area contributed by atoms with Gasteiger partial charge in [0.2, 0.25) is 0 Å². The van der Waals surface area contributed by atoms with Gasteiger partial charge in [-0.2, -0.15) is 0 Å². The quantitative estimate of drug-likeness (QED) is 0.848. The molecule has 1 fully saturated rings. The molecule has 1 heterocycles. The molecule has 4 nitrogen and oxygen atoms in total. The van der Waals surface area contributed by atoms with Gasteiger partial charge >= 0.3 is 5.97 Å².